The lowest BCUT2D eigenvalue weighted by Gasteiger charge is -2.29. The number of nitrogens with one attached hydrogen (secondary N) is 1. The molecule has 1 saturated heterocycles. The first-order valence-electron chi connectivity index (χ1n) is 8.39. The van der Waals surface area contributed by atoms with Gasteiger partial charge >= 0.3 is 5.97 Å². The number of anilines is 1. The van der Waals surface area contributed by atoms with Crippen LogP contribution in [0.15, 0.2) is 18.2 Å². The minimum atomic E-state index is -0.924. The Morgan fingerprint density at radius 3 is 2.72 bits per heavy atom. The number of ether oxygens (including phenoxy) is 1. The molecule has 2 unspecified atom stereocenters. The van der Waals surface area contributed by atoms with E-state index >= 15 is 0 Å². The summed E-state index contributed by atoms with van der Waals surface area (Å²) in [6.45, 7) is 5.91. The number of fused-ring (bicyclic) bond motifs is 1. The summed E-state index contributed by atoms with van der Waals surface area (Å²) in [6, 6.07) is 4.99. The fraction of sp³-hybridized carbons (Fsp3) is 0.500. The molecule has 0 aliphatic carbocycles. The SMILES string of the molecule is CC1Oc2c(cccc2C(=O)N2CCC(C(=O)O)(C(C)C)C2)NC1=O. The Morgan fingerprint density at radius 1 is 1.40 bits per heavy atom. The van der Waals surface area contributed by atoms with Crippen molar-refractivity contribution >= 4 is 23.5 Å². The summed E-state index contributed by atoms with van der Waals surface area (Å²) in [5.41, 5.74) is -0.122. The van der Waals surface area contributed by atoms with Crippen molar-refractivity contribution in [3.8, 4) is 5.75 Å². The first-order chi connectivity index (χ1) is 11.8. The van der Waals surface area contributed by atoms with E-state index in [0.29, 0.717) is 30.0 Å². The van der Waals surface area contributed by atoms with Crippen molar-refractivity contribution in [2.24, 2.45) is 11.3 Å². The van der Waals surface area contributed by atoms with Crippen molar-refractivity contribution < 1.29 is 24.2 Å². The summed E-state index contributed by atoms with van der Waals surface area (Å²) >= 11 is 0. The van der Waals surface area contributed by atoms with Gasteiger partial charge in [0.15, 0.2) is 11.9 Å². The lowest BCUT2D eigenvalue weighted by molar-refractivity contribution is -0.150. The van der Waals surface area contributed by atoms with Gasteiger partial charge in [0.1, 0.15) is 0 Å². The molecule has 25 heavy (non-hydrogen) atoms. The number of para-hydroxylation sites is 1. The number of likely N-dealkylation sites (tertiary alicyclic amines) is 1. The summed E-state index contributed by atoms with van der Waals surface area (Å²) in [6.07, 6.45) is -0.261. The van der Waals surface area contributed by atoms with Crippen molar-refractivity contribution in [3.63, 3.8) is 0 Å². The van der Waals surface area contributed by atoms with E-state index in [1.54, 1.807) is 30.0 Å². The zero-order chi connectivity index (χ0) is 18.4. The van der Waals surface area contributed by atoms with Gasteiger partial charge in [0, 0.05) is 13.1 Å². The highest BCUT2D eigenvalue weighted by atomic mass is 16.5. The highest BCUT2D eigenvalue weighted by Gasteiger charge is 2.49. The van der Waals surface area contributed by atoms with Gasteiger partial charge in [-0.25, -0.2) is 0 Å². The molecule has 2 atom stereocenters. The molecule has 0 aromatic heterocycles. The third-order valence-corrected chi connectivity index (χ3v) is 5.29. The highest BCUT2D eigenvalue weighted by molar-refractivity contribution is 6.04. The highest BCUT2D eigenvalue weighted by Crippen LogP contribution is 2.40. The second-order valence-electron chi connectivity index (χ2n) is 7.02. The molecule has 2 heterocycles. The standard InChI is InChI=1S/C18H22N2O5/c1-10(2)18(17(23)24)7-8-20(9-18)16(22)12-5-4-6-13-14(12)25-11(3)15(21)19-13/h4-6,10-11H,7-9H2,1-3H3,(H,19,21)(H,23,24). The third-order valence-electron chi connectivity index (χ3n) is 5.29. The van der Waals surface area contributed by atoms with Crippen molar-refractivity contribution in [3.05, 3.63) is 23.8 Å². The molecule has 7 heteroatoms. The number of rotatable bonds is 3. The largest absolute Gasteiger partial charge is 0.481 e. The second-order valence-corrected chi connectivity index (χ2v) is 7.02. The summed E-state index contributed by atoms with van der Waals surface area (Å²) in [7, 11) is 0. The molecule has 2 aliphatic rings. The predicted octanol–water partition coefficient (Wildman–Crippen LogP) is 1.98. The van der Waals surface area contributed by atoms with Gasteiger partial charge in [0.05, 0.1) is 16.7 Å². The fourth-order valence-corrected chi connectivity index (χ4v) is 3.47. The maximum Gasteiger partial charge on any atom is 0.311 e. The quantitative estimate of drug-likeness (QED) is 0.872. The van der Waals surface area contributed by atoms with Gasteiger partial charge in [-0.3, -0.25) is 14.4 Å². The van der Waals surface area contributed by atoms with E-state index in [2.05, 4.69) is 5.32 Å². The normalized spacial score (nSPS) is 25.4. The Balaban J connectivity index is 1.90. The molecule has 3 rings (SSSR count). The zero-order valence-corrected chi connectivity index (χ0v) is 14.5. The summed E-state index contributed by atoms with van der Waals surface area (Å²) < 4.78 is 5.63. The number of carboxylic acid groups (broad SMARTS) is 1. The summed E-state index contributed by atoms with van der Waals surface area (Å²) in [4.78, 5) is 38.0. The fourth-order valence-electron chi connectivity index (χ4n) is 3.47. The zero-order valence-electron chi connectivity index (χ0n) is 14.5. The molecule has 1 aromatic rings. The molecular formula is C18H22N2O5. The molecular weight excluding hydrogens is 324 g/mol. The number of carbonyl (C=O) groups is 3. The minimum Gasteiger partial charge on any atom is -0.481 e. The van der Waals surface area contributed by atoms with E-state index < -0.39 is 17.5 Å². The van der Waals surface area contributed by atoms with Crippen LogP contribution < -0.4 is 10.1 Å². The number of carboxylic acids is 1. The molecule has 1 aromatic carbocycles. The van der Waals surface area contributed by atoms with Crippen LogP contribution in [0, 0.1) is 11.3 Å². The smallest absolute Gasteiger partial charge is 0.311 e. The van der Waals surface area contributed by atoms with Gasteiger partial charge in [-0.05, 0) is 31.4 Å². The van der Waals surface area contributed by atoms with Crippen LogP contribution in [0.3, 0.4) is 0 Å². The number of hydrogen-bond acceptors (Lipinski definition) is 4. The molecule has 1 fully saturated rings. The maximum atomic E-state index is 13.0. The average molecular weight is 346 g/mol. The van der Waals surface area contributed by atoms with Crippen molar-refractivity contribution in [2.45, 2.75) is 33.3 Å². The van der Waals surface area contributed by atoms with Crippen LogP contribution in [-0.4, -0.2) is 47.0 Å². The van der Waals surface area contributed by atoms with E-state index in [4.69, 9.17) is 4.74 Å². The molecule has 0 spiro atoms. The molecule has 2 N–H and O–H groups in total. The van der Waals surface area contributed by atoms with Gasteiger partial charge in [0.2, 0.25) is 0 Å². The predicted molar refractivity (Wildman–Crippen MR) is 90.6 cm³/mol. The Kier molecular flexibility index (Phi) is 4.18. The van der Waals surface area contributed by atoms with Gasteiger partial charge in [-0.1, -0.05) is 19.9 Å². The number of hydrogen-bond donors (Lipinski definition) is 2. The summed E-state index contributed by atoms with van der Waals surface area (Å²) in [5, 5.41) is 12.4. The number of nitrogens with zero attached hydrogens (tertiary/aromatic N) is 1. The number of aliphatic carboxylic acids is 1. The van der Waals surface area contributed by atoms with Crippen LogP contribution in [-0.2, 0) is 9.59 Å². The maximum absolute atomic E-state index is 13.0. The molecule has 2 amide bonds. The van der Waals surface area contributed by atoms with E-state index in [9.17, 15) is 19.5 Å². The average Bonchev–Trinajstić information content (AvgIpc) is 3.01. The van der Waals surface area contributed by atoms with Crippen LogP contribution in [0.25, 0.3) is 0 Å². The van der Waals surface area contributed by atoms with Gasteiger partial charge < -0.3 is 20.1 Å². The monoisotopic (exact) mass is 346 g/mol. The Hall–Kier alpha value is -2.57. The van der Waals surface area contributed by atoms with E-state index in [1.807, 2.05) is 13.8 Å². The van der Waals surface area contributed by atoms with Crippen LogP contribution in [0.5, 0.6) is 5.75 Å². The molecule has 134 valence electrons. The Bertz CT molecular complexity index is 745. The van der Waals surface area contributed by atoms with Crippen molar-refractivity contribution in [2.75, 3.05) is 18.4 Å². The van der Waals surface area contributed by atoms with E-state index in [-0.39, 0.29) is 24.3 Å². The van der Waals surface area contributed by atoms with Gasteiger partial charge in [-0.15, -0.1) is 0 Å². The molecule has 0 bridgehead atoms. The topological polar surface area (TPSA) is 95.9 Å². The van der Waals surface area contributed by atoms with E-state index in [0.717, 1.165) is 0 Å². The van der Waals surface area contributed by atoms with Gasteiger partial charge in [-0.2, -0.15) is 0 Å². The van der Waals surface area contributed by atoms with Crippen LogP contribution in [0.4, 0.5) is 5.69 Å². The van der Waals surface area contributed by atoms with Crippen molar-refractivity contribution in [1.29, 1.82) is 0 Å². The van der Waals surface area contributed by atoms with Gasteiger partial charge in [0.25, 0.3) is 11.8 Å². The first-order valence-corrected chi connectivity index (χ1v) is 8.39. The Labute approximate surface area is 146 Å². The number of amides is 2. The van der Waals surface area contributed by atoms with Crippen LogP contribution >= 0.6 is 0 Å². The molecule has 7 nitrogen and oxygen atoms in total. The lowest BCUT2D eigenvalue weighted by Crippen LogP contribution is -2.41. The first kappa shape index (κ1) is 17.3. The number of carbonyl (C=O) groups excluding carboxylic acids is 2. The minimum absolute atomic E-state index is 0.0805. The second kappa shape index (κ2) is 6.06. The molecule has 2 aliphatic heterocycles. The lowest BCUT2D eigenvalue weighted by atomic mass is 9.76. The molecule has 0 radical (unpaired) electrons. The number of benzene rings is 1. The van der Waals surface area contributed by atoms with Crippen LogP contribution in [0.2, 0.25) is 0 Å². The van der Waals surface area contributed by atoms with Crippen LogP contribution in [0.1, 0.15) is 37.6 Å². The van der Waals surface area contributed by atoms with Crippen molar-refractivity contribution in [1.82, 2.24) is 4.90 Å². The van der Waals surface area contributed by atoms with E-state index in [1.165, 1.54) is 0 Å². The third kappa shape index (κ3) is 2.73. The Morgan fingerprint density at radius 2 is 2.12 bits per heavy atom. The summed E-state index contributed by atoms with van der Waals surface area (Å²) in [5.74, 6) is -1.14. The molecule has 0 saturated carbocycles.